The van der Waals surface area contributed by atoms with Gasteiger partial charge in [0.1, 0.15) is 0 Å². The smallest absolute Gasteiger partial charge is 0.0846 e. The maximum atomic E-state index is 8.67. The zero-order chi connectivity index (χ0) is 30.9. The van der Waals surface area contributed by atoms with Gasteiger partial charge in [-0.1, -0.05) is 64.4 Å². The van der Waals surface area contributed by atoms with Crippen LogP contribution in [0.4, 0.5) is 0 Å². The molecule has 1 aliphatic rings. The van der Waals surface area contributed by atoms with E-state index in [1.807, 2.05) is 0 Å². The summed E-state index contributed by atoms with van der Waals surface area (Å²) in [5.41, 5.74) is -2.65. The zero-order valence-corrected chi connectivity index (χ0v) is 10.1. The molecule has 0 amide bonds. The fourth-order valence-electron chi connectivity index (χ4n) is 2.42. The Kier molecular flexibility index (Phi) is 0.607. The highest BCUT2D eigenvalue weighted by Gasteiger charge is 2.47. The van der Waals surface area contributed by atoms with Crippen LogP contribution in [-0.2, 0) is 10.6 Å². The first-order valence-electron chi connectivity index (χ1n) is 15.6. The van der Waals surface area contributed by atoms with Crippen molar-refractivity contribution >= 4 is 17.5 Å². The number of benzene rings is 2. The van der Waals surface area contributed by atoms with Gasteiger partial charge in [-0.3, -0.25) is 0 Å². The van der Waals surface area contributed by atoms with Gasteiger partial charge in [0.25, 0.3) is 0 Å². The van der Waals surface area contributed by atoms with Gasteiger partial charge >= 0.3 is 0 Å². The molecule has 1 heterocycles. The lowest BCUT2D eigenvalue weighted by molar-refractivity contribution is 0.630. The second-order valence-electron chi connectivity index (χ2n) is 4.80. The Morgan fingerprint density at radius 1 is 1.00 bits per heavy atom. The highest BCUT2D eigenvalue weighted by Crippen LogP contribution is 2.48. The molecule has 1 aliphatic heterocycles. The summed E-state index contributed by atoms with van der Waals surface area (Å²) < 4.78 is 168. The first-order chi connectivity index (χ1) is 17.1. The van der Waals surface area contributed by atoms with Crippen LogP contribution in [0.15, 0.2) is 30.2 Å². The summed E-state index contributed by atoms with van der Waals surface area (Å²) in [7, 11) is 0. The first-order valence-corrected chi connectivity index (χ1v) is 5.62. The fourth-order valence-corrected chi connectivity index (χ4v) is 2.42. The Morgan fingerprint density at radius 3 is 2.32 bits per heavy atom. The largest absolute Gasteiger partial charge is 0.159 e. The van der Waals surface area contributed by atoms with Crippen LogP contribution in [0.2, 0.25) is 6.75 Å². The van der Waals surface area contributed by atoms with E-state index in [2.05, 4.69) is 0 Å². The van der Waals surface area contributed by atoms with Gasteiger partial charge < -0.3 is 0 Å². The maximum absolute atomic E-state index is 8.67. The van der Waals surface area contributed by atoms with Gasteiger partial charge in [-0.2, -0.15) is 0 Å². The van der Waals surface area contributed by atoms with Crippen LogP contribution in [0, 0.1) is 6.92 Å². The molecule has 0 unspecified atom stereocenters. The van der Waals surface area contributed by atoms with Crippen molar-refractivity contribution < 1.29 is 27.4 Å². The summed E-state index contributed by atoms with van der Waals surface area (Å²) in [6.45, 7) is -22.2. The average Bonchev–Trinajstić information content (AvgIpc) is 2.69. The average molecular weight is 270 g/mol. The molecule has 0 aromatic heterocycles. The van der Waals surface area contributed by atoms with E-state index < -0.39 is 104 Å². The van der Waals surface area contributed by atoms with Crippen LogP contribution in [0.1, 0.15) is 71.5 Å². The van der Waals surface area contributed by atoms with E-state index in [0.29, 0.717) is 0 Å². The minimum atomic E-state index is -4.02. The van der Waals surface area contributed by atoms with Crippen LogP contribution in [0.5, 0.6) is 0 Å². The molecule has 0 spiro atoms. The Bertz CT molecular complexity index is 1230. The number of hydrogen-bond acceptors (Lipinski definition) is 0. The Balaban J connectivity index is 3.16. The van der Waals surface area contributed by atoms with Gasteiger partial charge in [-0.15, -0.1) is 0 Å². The Hall–Kier alpha value is -1.24. The van der Waals surface area contributed by atoms with Crippen molar-refractivity contribution in [3.63, 3.8) is 0 Å². The second-order valence-corrected chi connectivity index (χ2v) is 4.80. The van der Waals surface area contributed by atoms with Crippen LogP contribution in [-0.4, -0.2) is 6.71 Å². The lowest BCUT2D eigenvalue weighted by Crippen LogP contribution is -2.52. The van der Waals surface area contributed by atoms with Crippen LogP contribution >= 0.6 is 0 Å². The zero-order valence-electron chi connectivity index (χ0n) is 30.1. The maximum Gasteiger partial charge on any atom is 0.159 e. The van der Waals surface area contributed by atoms with E-state index in [1.165, 1.54) is 0 Å². The second kappa shape index (κ2) is 3.65. The molecule has 0 bridgehead atoms. The summed E-state index contributed by atoms with van der Waals surface area (Å²) in [6.07, 6.45) is 0. The van der Waals surface area contributed by atoms with Crippen molar-refractivity contribution in [3.8, 4) is 0 Å². The molecular formula is C18H23B. The number of aryl methyl sites for hydroxylation is 1. The number of rotatable bonds is 0. The standard InChI is InChI=1S/C18H23B/c1-12-10-11-15-16-13(12)8-7-9-14(16)17(2,3)19(6)18(15,4)5/h7-11H,1-6H3/i2D3,3D3,4D3,5D3,6D3,7D,8D,9D,10D,11D. The minimum Gasteiger partial charge on any atom is -0.0846 e. The molecule has 2 aromatic rings. The molecule has 0 fully saturated rings. The molecule has 98 valence electrons. The molecule has 0 saturated carbocycles. The molecule has 2 aromatic carbocycles. The summed E-state index contributed by atoms with van der Waals surface area (Å²) in [4.78, 5) is 0. The molecule has 0 aliphatic carbocycles. The van der Waals surface area contributed by atoms with E-state index >= 15 is 0 Å². The molecule has 19 heavy (non-hydrogen) atoms. The van der Waals surface area contributed by atoms with Crippen molar-refractivity contribution in [1.82, 2.24) is 0 Å². The fraction of sp³-hybridized carbons (Fsp3) is 0.444. The molecule has 1 heteroatoms. The molecular weight excluding hydrogens is 227 g/mol. The third kappa shape index (κ3) is 1.48. The first kappa shape index (κ1) is 3.16. The lowest BCUT2D eigenvalue weighted by atomic mass is 9.20. The molecule has 0 atom stereocenters. The Morgan fingerprint density at radius 2 is 1.68 bits per heavy atom. The molecule has 3 rings (SSSR count). The van der Waals surface area contributed by atoms with Crippen LogP contribution < -0.4 is 0 Å². The van der Waals surface area contributed by atoms with Crippen LogP contribution in [0.25, 0.3) is 10.8 Å². The molecule has 0 saturated heterocycles. The topological polar surface area (TPSA) is 0 Å². The van der Waals surface area contributed by atoms with E-state index in [-0.39, 0.29) is 5.56 Å². The van der Waals surface area contributed by atoms with E-state index in [9.17, 15) is 0 Å². The SMILES string of the molecule is [2H]c1c([2H])c2c3c(c([2H])c([2H])c(C)c3c1[2H])C(C([2H])([2H])[2H])(C([2H])([2H])[2H])B(C([2H])([2H])[2H])C2(C([2H])([2H])[2H])C([2H])([2H])[2H]. The van der Waals surface area contributed by atoms with Gasteiger partial charge in [0.15, 0.2) is 6.71 Å². The number of hydrogen-bond donors (Lipinski definition) is 0. The van der Waals surface area contributed by atoms with Gasteiger partial charge in [-0.05, 0) is 45.0 Å². The summed E-state index contributed by atoms with van der Waals surface area (Å²) in [5.74, 6) is 0. The van der Waals surface area contributed by atoms with Gasteiger partial charge in [0.05, 0.1) is 6.85 Å². The predicted molar refractivity (Wildman–Crippen MR) is 86.4 cm³/mol. The molecule has 0 N–H and O–H groups in total. The quantitative estimate of drug-likeness (QED) is 0.596. The van der Waals surface area contributed by atoms with Gasteiger partial charge in [-0.25, -0.2) is 0 Å². The van der Waals surface area contributed by atoms with E-state index in [4.69, 9.17) is 27.4 Å². The van der Waals surface area contributed by atoms with E-state index in [1.54, 1.807) is 0 Å². The van der Waals surface area contributed by atoms with Crippen molar-refractivity contribution in [2.75, 3.05) is 0 Å². The minimum absolute atomic E-state index is 0.305. The predicted octanol–water partition coefficient (Wildman–Crippen LogP) is 4.92. The third-order valence-corrected chi connectivity index (χ3v) is 3.53. The third-order valence-electron chi connectivity index (χ3n) is 3.53. The Labute approximate surface area is 145 Å². The summed E-state index contributed by atoms with van der Waals surface area (Å²) in [6, 6.07) is -5.08. The highest BCUT2D eigenvalue weighted by atomic mass is 14.3. The van der Waals surface area contributed by atoms with Crippen LogP contribution in [0.3, 0.4) is 0 Å². The molecule has 0 radical (unpaired) electrons. The van der Waals surface area contributed by atoms with Crippen molar-refractivity contribution in [2.45, 2.75) is 51.7 Å². The normalized spacial score (nSPS) is 38.5. The van der Waals surface area contributed by atoms with Crippen molar-refractivity contribution in [2.24, 2.45) is 0 Å². The van der Waals surface area contributed by atoms with Gasteiger partial charge in [0.2, 0.25) is 0 Å². The molecule has 0 nitrogen and oxygen atoms in total. The summed E-state index contributed by atoms with van der Waals surface area (Å²) >= 11 is 0. The van der Waals surface area contributed by atoms with E-state index in [0.717, 1.165) is 6.92 Å². The lowest BCUT2D eigenvalue weighted by Gasteiger charge is -2.47. The highest BCUT2D eigenvalue weighted by molar-refractivity contribution is 6.65. The van der Waals surface area contributed by atoms with Crippen molar-refractivity contribution in [1.29, 1.82) is 0 Å². The monoisotopic (exact) mass is 270 g/mol. The summed E-state index contributed by atoms with van der Waals surface area (Å²) in [5, 5.41) is -9.29. The van der Waals surface area contributed by atoms with Crippen molar-refractivity contribution in [3.05, 3.63) is 46.9 Å². The van der Waals surface area contributed by atoms with Gasteiger partial charge in [0, 0.05) is 20.6 Å².